The quantitative estimate of drug-likeness (QED) is 0.507. The Bertz CT molecular complexity index is 955. The van der Waals surface area contributed by atoms with Gasteiger partial charge in [-0.25, -0.2) is 9.59 Å². The Balaban J connectivity index is 1.61. The Hall–Kier alpha value is -3.13. The third-order valence-corrected chi connectivity index (χ3v) is 5.28. The fraction of sp³-hybridized carbons (Fsp3) is 0.435. The number of methoxy groups -OCH3 is 1. The van der Waals surface area contributed by atoms with Crippen molar-refractivity contribution < 1.29 is 33.3 Å². The van der Waals surface area contributed by atoms with Gasteiger partial charge in [0.25, 0.3) is 0 Å². The second kappa shape index (κ2) is 9.78. The van der Waals surface area contributed by atoms with Crippen LogP contribution in [0.25, 0.3) is 0 Å². The molecule has 0 saturated carbocycles. The van der Waals surface area contributed by atoms with Gasteiger partial charge in [-0.05, 0) is 63.4 Å². The molecule has 1 aliphatic rings. The molecule has 2 aromatic rings. The normalized spacial score (nSPS) is 16.6. The topological polar surface area (TPSA) is 104 Å². The van der Waals surface area contributed by atoms with Crippen molar-refractivity contribution in [2.45, 2.75) is 45.8 Å². The SMILES string of the molecule is COC(=O)c1c(C)[nH]c(C(=O)[C@H](C)OC(=O)c2ccc(OC[C@@H]3CCCO3)cc2)c1C. The molecule has 1 aromatic carbocycles. The summed E-state index contributed by atoms with van der Waals surface area (Å²) in [5, 5.41) is 0. The number of ether oxygens (including phenoxy) is 4. The second-order valence-corrected chi connectivity index (χ2v) is 7.50. The van der Waals surface area contributed by atoms with Crippen molar-refractivity contribution in [2.75, 3.05) is 20.3 Å². The molecule has 1 aliphatic heterocycles. The summed E-state index contributed by atoms with van der Waals surface area (Å²) in [7, 11) is 1.28. The smallest absolute Gasteiger partial charge is 0.339 e. The predicted molar refractivity (Wildman–Crippen MR) is 112 cm³/mol. The molecule has 8 nitrogen and oxygen atoms in total. The molecule has 166 valence electrons. The van der Waals surface area contributed by atoms with Crippen LogP contribution < -0.4 is 4.74 Å². The molecule has 0 aliphatic carbocycles. The van der Waals surface area contributed by atoms with E-state index in [1.54, 1.807) is 38.1 Å². The number of carbonyl (C=O) groups is 3. The Morgan fingerprint density at radius 2 is 1.87 bits per heavy atom. The molecule has 1 N–H and O–H groups in total. The van der Waals surface area contributed by atoms with Crippen LogP contribution in [-0.4, -0.2) is 55.2 Å². The molecule has 3 rings (SSSR count). The van der Waals surface area contributed by atoms with Crippen molar-refractivity contribution in [2.24, 2.45) is 0 Å². The van der Waals surface area contributed by atoms with Gasteiger partial charge < -0.3 is 23.9 Å². The highest BCUT2D eigenvalue weighted by atomic mass is 16.5. The summed E-state index contributed by atoms with van der Waals surface area (Å²) in [4.78, 5) is 40.1. The molecule has 1 saturated heterocycles. The maximum absolute atomic E-state index is 12.8. The van der Waals surface area contributed by atoms with Crippen molar-refractivity contribution in [3.8, 4) is 5.75 Å². The van der Waals surface area contributed by atoms with E-state index >= 15 is 0 Å². The summed E-state index contributed by atoms with van der Waals surface area (Å²) < 4.78 is 21.3. The van der Waals surface area contributed by atoms with Crippen LogP contribution >= 0.6 is 0 Å². The number of H-pyrrole nitrogens is 1. The highest BCUT2D eigenvalue weighted by Gasteiger charge is 2.27. The van der Waals surface area contributed by atoms with Crippen LogP contribution in [0.4, 0.5) is 0 Å². The lowest BCUT2D eigenvalue weighted by Gasteiger charge is -2.13. The van der Waals surface area contributed by atoms with E-state index in [1.807, 2.05) is 0 Å². The molecule has 0 amide bonds. The van der Waals surface area contributed by atoms with Crippen LogP contribution in [0, 0.1) is 13.8 Å². The van der Waals surface area contributed by atoms with Crippen molar-refractivity contribution in [3.63, 3.8) is 0 Å². The number of benzene rings is 1. The minimum absolute atomic E-state index is 0.108. The first kappa shape index (κ1) is 22.6. The number of rotatable bonds is 8. The van der Waals surface area contributed by atoms with Crippen molar-refractivity contribution in [1.29, 1.82) is 0 Å². The first-order chi connectivity index (χ1) is 14.8. The average molecular weight is 429 g/mol. The fourth-order valence-electron chi connectivity index (χ4n) is 3.54. The first-order valence-corrected chi connectivity index (χ1v) is 10.2. The number of hydrogen-bond donors (Lipinski definition) is 1. The highest BCUT2D eigenvalue weighted by Crippen LogP contribution is 2.22. The van der Waals surface area contributed by atoms with E-state index in [0.29, 0.717) is 34.7 Å². The monoisotopic (exact) mass is 429 g/mol. The lowest BCUT2D eigenvalue weighted by molar-refractivity contribution is 0.0316. The van der Waals surface area contributed by atoms with Crippen LogP contribution in [0.2, 0.25) is 0 Å². The standard InChI is InChI=1S/C23H27NO7/c1-13-19(23(27)28-4)14(2)24-20(13)21(25)15(3)31-22(26)16-7-9-17(10-8-16)30-12-18-6-5-11-29-18/h7-10,15,18,24H,5-6,11-12H2,1-4H3/t15-,18-/m0/s1. The van der Waals surface area contributed by atoms with Crippen LogP contribution in [-0.2, 0) is 14.2 Å². The summed E-state index contributed by atoms with van der Waals surface area (Å²) in [5.41, 5.74) is 1.81. The maximum atomic E-state index is 12.8. The minimum atomic E-state index is -1.04. The van der Waals surface area contributed by atoms with Crippen LogP contribution in [0.3, 0.4) is 0 Å². The van der Waals surface area contributed by atoms with E-state index in [1.165, 1.54) is 14.0 Å². The van der Waals surface area contributed by atoms with Crippen molar-refractivity contribution >= 4 is 17.7 Å². The van der Waals surface area contributed by atoms with Gasteiger partial charge in [0.15, 0.2) is 6.10 Å². The number of ketones is 1. The van der Waals surface area contributed by atoms with E-state index < -0.39 is 23.8 Å². The molecule has 0 radical (unpaired) electrons. The largest absolute Gasteiger partial charge is 0.491 e. The molecule has 0 spiro atoms. The number of aromatic nitrogens is 1. The predicted octanol–water partition coefficient (Wildman–Crippen LogP) is 3.40. The van der Waals surface area contributed by atoms with Gasteiger partial charge in [0, 0.05) is 12.3 Å². The minimum Gasteiger partial charge on any atom is -0.491 e. The van der Waals surface area contributed by atoms with Crippen LogP contribution in [0.15, 0.2) is 24.3 Å². The fourth-order valence-corrected chi connectivity index (χ4v) is 3.54. The number of aromatic amines is 1. The molecule has 31 heavy (non-hydrogen) atoms. The maximum Gasteiger partial charge on any atom is 0.339 e. The third kappa shape index (κ3) is 5.14. The molecule has 1 fully saturated rings. The van der Waals surface area contributed by atoms with Gasteiger partial charge in [0.1, 0.15) is 12.4 Å². The molecule has 8 heteroatoms. The summed E-state index contributed by atoms with van der Waals surface area (Å²) in [6.45, 7) is 6.05. The van der Waals surface area contributed by atoms with Crippen molar-refractivity contribution in [3.05, 3.63) is 52.3 Å². The highest BCUT2D eigenvalue weighted by molar-refractivity contribution is 6.04. The molecular weight excluding hydrogens is 402 g/mol. The lowest BCUT2D eigenvalue weighted by atomic mass is 10.1. The lowest BCUT2D eigenvalue weighted by Crippen LogP contribution is -2.25. The summed E-state index contributed by atoms with van der Waals surface area (Å²) >= 11 is 0. The van der Waals surface area contributed by atoms with Crippen LogP contribution in [0.1, 0.15) is 62.2 Å². The zero-order valence-electron chi connectivity index (χ0n) is 18.2. The Morgan fingerprint density at radius 1 is 1.16 bits per heavy atom. The first-order valence-electron chi connectivity index (χ1n) is 10.2. The van der Waals surface area contributed by atoms with Gasteiger partial charge in [-0.15, -0.1) is 0 Å². The van der Waals surface area contributed by atoms with E-state index in [-0.39, 0.29) is 11.8 Å². The van der Waals surface area contributed by atoms with Gasteiger partial charge in [0.2, 0.25) is 5.78 Å². The van der Waals surface area contributed by atoms with Crippen molar-refractivity contribution in [1.82, 2.24) is 4.98 Å². The molecular formula is C23H27NO7. The number of esters is 2. The molecule has 0 unspecified atom stereocenters. The van der Waals surface area contributed by atoms with Crippen LogP contribution in [0.5, 0.6) is 5.75 Å². The molecule has 2 heterocycles. The van der Waals surface area contributed by atoms with E-state index in [4.69, 9.17) is 18.9 Å². The summed E-state index contributed by atoms with van der Waals surface area (Å²) in [5.74, 6) is -0.956. The summed E-state index contributed by atoms with van der Waals surface area (Å²) in [6.07, 6.45) is 1.10. The third-order valence-electron chi connectivity index (χ3n) is 5.28. The molecule has 1 aromatic heterocycles. The Labute approximate surface area is 180 Å². The zero-order valence-corrected chi connectivity index (χ0v) is 18.2. The van der Waals surface area contributed by atoms with E-state index in [0.717, 1.165) is 19.4 Å². The summed E-state index contributed by atoms with van der Waals surface area (Å²) in [6, 6.07) is 6.53. The number of nitrogens with one attached hydrogen (secondary N) is 1. The van der Waals surface area contributed by atoms with Gasteiger partial charge in [-0.1, -0.05) is 0 Å². The van der Waals surface area contributed by atoms with Gasteiger partial charge in [-0.3, -0.25) is 4.79 Å². The second-order valence-electron chi connectivity index (χ2n) is 7.50. The molecule has 0 bridgehead atoms. The average Bonchev–Trinajstić information content (AvgIpc) is 3.39. The number of hydrogen-bond acceptors (Lipinski definition) is 7. The Kier molecular flexibility index (Phi) is 7.12. The van der Waals surface area contributed by atoms with E-state index in [9.17, 15) is 14.4 Å². The van der Waals surface area contributed by atoms with Gasteiger partial charge in [0.05, 0.1) is 30.0 Å². The zero-order chi connectivity index (χ0) is 22.5. The van der Waals surface area contributed by atoms with E-state index in [2.05, 4.69) is 4.98 Å². The Morgan fingerprint density at radius 3 is 2.48 bits per heavy atom. The number of Topliss-reactive ketones (excluding diaryl/α,β-unsaturated/α-hetero) is 1. The molecule has 2 atom stereocenters. The number of carbonyl (C=O) groups excluding carboxylic acids is 3. The van der Waals surface area contributed by atoms with Gasteiger partial charge in [-0.2, -0.15) is 0 Å². The van der Waals surface area contributed by atoms with Gasteiger partial charge >= 0.3 is 11.9 Å². The number of aryl methyl sites for hydroxylation is 1.